The Labute approximate surface area is 83.3 Å². The first-order valence-corrected chi connectivity index (χ1v) is 4.82. The van der Waals surface area contributed by atoms with E-state index in [0.29, 0.717) is 17.6 Å². The number of aryl methyl sites for hydroxylation is 1. The molecule has 1 unspecified atom stereocenters. The van der Waals surface area contributed by atoms with Gasteiger partial charge in [-0.3, -0.25) is 0 Å². The molecule has 0 aliphatic rings. The van der Waals surface area contributed by atoms with Crippen molar-refractivity contribution in [2.75, 3.05) is 6.61 Å². The molecule has 0 aromatic carbocycles. The summed E-state index contributed by atoms with van der Waals surface area (Å²) in [6.07, 6.45) is 1.81. The van der Waals surface area contributed by atoms with Crippen molar-refractivity contribution in [3.8, 4) is 0 Å². The average molecular weight is 199 g/mol. The minimum absolute atomic E-state index is 0.175. The zero-order valence-corrected chi connectivity index (χ0v) is 8.60. The fourth-order valence-corrected chi connectivity index (χ4v) is 1.02. The molecule has 1 atom stereocenters. The van der Waals surface area contributed by atoms with Gasteiger partial charge in [0.1, 0.15) is 6.04 Å². The largest absolute Gasteiger partial charge is 0.394 e. The molecule has 0 spiro atoms. The molecule has 0 fully saturated rings. The van der Waals surface area contributed by atoms with Crippen molar-refractivity contribution in [3.63, 3.8) is 0 Å². The van der Waals surface area contributed by atoms with E-state index in [1.807, 2.05) is 0 Å². The summed E-state index contributed by atoms with van der Waals surface area (Å²) >= 11 is 0. The molecule has 0 bridgehead atoms. The minimum atomic E-state index is -0.560. The monoisotopic (exact) mass is 199 g/mol. The highest BCUT2D eigenvalue weighted by Crippen LogP contribution is 2.09. The van der Waals surface area contributed by atoms with E-state index in [9.17, 15) is 0 Å². The van der Waals surface area contributed by atoms with E-state index in [1.54, 1.807) is 0 Å². The van der Waals surface area contributed by atoms with Crippen LogP contribution in [0.15, 0.2) is 4.52 Å². The molecule has 0 radical (unpaired) electrons. The third kappa shape index (κ3) is 3.08. The van der Waals surface area contributed by atoms with E-state index < -0.39 is 6.04 Å². The summed E-state index contributed by atoms with van der Waals surface area (Å²) in [5.74, 6) is 1.59. The number of hydrogen-bond donors (Lipinski definition) is 2. The summed E-state index contributed by atoms with van der Waals surface area (Å²) in [4.78, 5) is 4.09. The molecule has 5 heteroatoms. The van der Waals surface area contributed by atoms with Gasteiger partial charge in [-0.25, -0.2) is 0 Å². The first kappa shape index (κ1) is 11.1. The SMILES string of the molecule is CC(C)CCc1noc(C(N)CO)n1. The lowest BCUT2D eigenvalue weighted by atomic mass is 10.1. The predicted octanol–water partition coefficient (Wildman–Crippen LogP) is 0.650. The quantitative estimate of drug-likeness (QED) is 0.727. The third-order valence-corrected chi connectivity index (χ3v) is 1.94. The Bertz CT molecular complexity index is 273. The van der Waals surface area contributed by atoms with Crippen LogP contribution < -0.4 is 5.73 Å². The minimum Gasteiger partial charge on any atom is -0.394 e. The molecular weight excluding hydrogens is 182 g/mol. The Kier molecular flexibility index (Phi) is 4.03. The number of rotatable bonds is 5. The van der Waals surface area contributed by atoms with Crippen LogP contribution in [-0.4, -0.2) is 21.9 Å². The van der Waals surface area contributed by atoms with Gasteiger partial charge in [-0.15, -0.1) is 0 Å². The summed E-state index contributed by atoms with van der Waals surface area (Å²) in [7, 11) is 0. The van der Waals surface area contributed by atoms with Gasteiger partial charge in [0, 0.05) is 6.42 Å². The number of aliphatic hydroxyl groups excluding tert-OH is 1. The van der Waals surface area contributed by atoms with Crippen molar-refractivity contribution < 1.29 is 9.63 Å². The summed E-state index contributed by atoms with van der Waals surface area (Å²) in [5, 5.41) is 12.5. The van der Waals surface area contributed by atoms with Crippen LogP contribution in [0.25, 0.3) is 0 Å². The lowest BCUT2D eigenvalue weighted by Gasteiger charge is -2.00. The van der Waals surface area contributed by atoms with Crippen LogP contribution in [0.5, 0.6) is 0 Å². The third-order valence-electron chi connectivity index (χ3n) is 1.94. The summed E-state index contributed by atoms with van der Waals surface area (Å²) < 4.78 is 4.90. The van der Waals surface area contributed by atoms with E-state index in [2.05, 4.69) is 24.0 Å². The molecule has 0 amide bonds. The van der Waals surface area contributed by atoms with Gasteiger partial charge in [0.25, 0.3) is 0 Å². The molecule has 0 aliphatic carbocycles. The van der Waals surface area contributed by atoms with Gasteiger partial charge in [0.2, 0.25) is 5.89 Å². The molecule has 0 saturated carbocycles. The molecule has 5 nitrogen and oxygen atoms in total. The number of aliphatic hydroxyl groups is 1. The van der Waals surface area contributed by atoms with E-state index >= 15 is 0 Å². The molecule has 0 saturated heterocycles. The molecule has 3 N–H and O–H groups in total. The first-order valence-electron chi connectivity index (χ1n) is 4.82. The molecule has 1 heterocycles. The van der Waals surface area contributed by atoms with Gasteiger partial charge in [-0.05, 0) is 12.3 Å². The first-order chi connectivity index (χ1) is 6.63. The van der Waals surface area contributed by atoms with Crippen LogP contribution in [0.3, 0.4) is 0 Å². The average Bonchev–Trinajstić information content (AvgIpc) is 2.62. The van der Waals surface area contributed by atoms with Gasteiger partial charge in [-0.2, -0.15) is 4.98 Å². The summed E-state index contributed by atoms with van der Waals surface area (Å²) in [6.45, 7) is 4.10. The van der Waals surface area contributed by atoms with Gasteiger partial charge in [0.15, 0.2) is 5.82 Å². The Morgan fingerprint density at radius 3 is 2.79 bits per heavy atom. The highest BCUT2D eigenvalue weighted by molar-refractivity contribution is 4.91. The van der Waals surface area contributed by atoms with Crippen molar-refractivity contribution >= 4 is 0 Å². The smallest absolute Gasteiger partial charge is 0.245 e. The molecular formula is C9H17N3O2. The molecule has 1 aromatic heterocycles. The van der Waals surface area contributed by atoms with E-state index in [0.717, 1.165) is 12.8 Å². The van der Waals surface area contributed by atoms with E-state index in [4.69, 9.17) is 15.4 Å². The lowest BCUT2D eigenvalue weighted by molar-refractivity contribution is 0.236. The van der Waals surface area contributed by atoms with Crippen molar-refractivity contribution in [2.24, 2.45) is 11.7 Å². The highest BCUT2D eigenvalue weighted by Gasteiger charge is 2.13. The van der Waals surface area contributed by atoms with Crippen LogP contribution >= 0.6 is 0 Å². The molecule has 1 rings (SSSR count). The number of nitrogens with two attached hydrogens (primary N) is 1. The summed E-state index contributed by atoms with van der Waals surface area (Å²) in [6, 6.07) is -0.560. The summed E-state index contributed by atoms with van der Waals surface area (Å²) in [5.41, 5.74) is 5.52. The highest BCUT2D eigenvalue weighted by atomic mass is 16.5. The standard InChI is InChI=1S/C9H17N3O2/c1-6(2)3-4-8-11-9(14-12-8)7(10)5-13/h6-7,13H,3-5,10H2,1-2H3. The van der Waals surface area contributed by atoms with Gasteiger partial charge in [0.05, 0.1) is 6.61 Å². The second-order valence-electron chi connectivity index (χ2n) is 3.77. The zero-order chi connectivity index (χ0) is 10.6. The maximum Gasteiger partial charge on any atom is 0.245 e. The van der Waals surface area contributed by atoms with Crippen LogP contribution in [0.4, 0.5) is 0 Å². The lowest BCUT2D eigenvalue weighted by Crippen LogP contribution is -2.14. The van der Waals surface area contributed by atoms with Crippen LogP contribution in [0.1, 0.15) is 38.0 Å². The Hall–Kier alpha value is -0.940. The fraction of sp³-hybridized carbons (Fsp3) is 0.778. The maximum atomic E-state index is 8.76. The van der Waals surface area contributed by atoms with Crippen molar-refractivity contribution in [1.82, 2.24) is 10.1 Å². The van der Waals surface area contributed by atoms with Crippen LogP contribution in [0.2, 0.25) is 0 Å². The van der Waals surface area contributed by atoms with Crippen molar-refractivity contribution in [3.05, 3.63) is 11.7 Å². The number of nitrogens with zero attached hydrogens (tertiary/aromatic N) is 2. The predicted molar refractivity (Wildman–Crippen MR) is 51.5 cm³/mol. The van der Waals surface area contributed by atoms with Crippen molar-refractivity contribution in [1.29, 1.82) is 0 Å². The van der Waals surface area contributed by atoms with Gasteiger partial charge < -0.3 is 15.4 Å². The van der Waals surface area contributed by atoms with Crippen molar-refractivity contribution in [2.45, 2.75) is 32.7 Å². The Balaban J connectivity index is 2.50. The van der Waals surface area contributed by atoms with E-state index in [1.165, 1.54) is 0 Å². The van der Waals surface area contributed by atoms with Gasteiger partial charge >= 0.3 is 0 Å². The van der Waals surface area contributed by atoms with E-state index in [-0.39, 0.29) is 6.61 Å². The topological polar surface area (TPSA) is 85.2 Å². The zero-order valence-electron chi connectivity index (χ0n) is 8.60. The second-order valence-corrected chi connectivity index (χ2v) is 3.77. The van der Waals surface area contributed by atoms with Crippen LogP contribution in [0, 0.1) is 5.92 Å². The maximum absolute atomic E-state index is 8.76. The molecule has 80 valence electrons. The number of aromatic nitrogens is 2. The Morgan fingerprint density at radius 1 is 1.50 bits per heavy atom. The normalized spacial score (nSPS) is 13.5. The Morgan fingerprint density at radius 2 is 2.21 bits per heavy atom. The molecule has 1 aromatic rings. The fourth-order valence-electron chi connectivity index (χ4n) is 1.02. The number of hydrogen-bond acceptors (Lipinski definition) is 5. The van der Waals surface area contributed by atoms with Gasteiger partial charge in [-0.1, -0.05) is 19.0 Å². The second kappa shape index (κ2) is 5.07. The molecule has 0 aliphatic heterocycles. The van der Waals surface area contributed by atoms with Crippen LogP contribution in [-0.2, 0) is 6.42 Å². The molecule has 14 heavy (non-hydrogen) atoms.